The molecule has 0 aliphatic heterocycles. The van der Waals surface area contributed by atoms with Crippen molar-refractivity contribution in [2.75, 3.05) is 0 Å². The molecule has 3 rings (SSSR count). The summed E-state index contributed by atoms with van der Waals surface area (Å²) in [6.45, 7) is 0. The van der Waals surface area contributed by atoms with E-state index >= 15 is 0 Å². The Morgan fingerprint density at radius 3 is 1.96 bits per heavy atom. The highest BCUT2D eigenvalue weighted by Crippen LogP contribution is 2.23. The molecular formula is C23H19O. The normalized spacial score (nSPS) is 10.8. The first kappa shape index (κ1) is 15.9. The molecule has 0 fully saturated rings. The van der Waals surface area contributed by atoms with Crippen LogP contribution in [0.5, 0.6) is 0 Å². The van der Waals surface area contributed by atoms with Gasteiger partial charge in [0.25, 0.3) is 0 Å². The van der Waals surface area contributed by atoms with Gasteiger partial charge in [-0.3, -0.25) is 4.79 Å². The SMILES string of the molecule is O=[C]/C=C/c1cccc(Cc2ccccc2)c1Cc1ccccc1. The van der Waals surface area contributed by atoms with E-state index in [9.17, 15) is 4.79 Å². The largest absolute Gasteiger partial charge is 0.286 e. The summed E-state index contributed by atoms with van der Waals surface area (Å²) in [5, 5.41) is 0. The number of rotatable bonds is 6. The third kappa shape index (κ3) is 4.08. The Bertz CT molecular complexity index is 817. The van der Waals surface area contributed by atoms with Crippen molar-refractivity contribution in [3.8, 4) is 0 Å². The minimum Gasteiger partial charge on any atom is -0.286 e. The fourth-order valence-electron chi connectivity index (χ4n) is 2.93. The van der Waals surface area contributed by atoms with E-state index in [1.807, 2.05) is 24.5 Å². The molecule has 0 heterocycles. The Labute approximate surface area is 143 Å². The van der Waals surface area contributed by atoms with E-state index in [1.165, 1.54) is 28.3 Å². The third-order valence-electron chi connectivity index (χ3n) is 4.10. The second-order valence-corrected chi connectivity index (χ2v) is 5.76. The minimum absolute atomic E-state index is 0.850. The molecule has 0 saturated carbocycles. The van der Waals surface area contributed by atoms with Gasteiger partial charge in [-0.25, -0.2) is 0 Å². The molecule has 0 saturated heterocycles. The van der Waals surface area contributed by atoms with Crippen molar-refractivity contribution in [2.45, 2.75) is 12.8 Å². The van der Waals surface area contributed by atoms with Gasteiger partial charge >= 0.3 is 0 Å². The molecule has 1 nitrogen and oxygen atoms in total. The average Bonchev–Trinajstić information content (AvgIpc) is 2.64. The highest BCUT2D eigenvalue weighted by molar-refractivity contribution is 5.75. The van der Waals surface area contributed by atoms with Gasteiger partial charge in [-0.2, -0.15) is 0 Å². The average molecular weight is 311 g/mol. The number of allylic oxidation sites excluding steroid dienone is 1. The van der Waals surface area contributed by atoms with E-state index in [1.54, 1.807) is 0 Å². The van der Waals surface area contributed by atoms with E-state index in [0.717, 1.165) is 18.4 Å². The van der Waals surface area contributed by atoms with Crippen molar-refractivity contribution >= 4 is 12.4 Å². The lowest BCUT2D eigenvalue weighted by molar-refractivity contribution is 0.564. The summed E-state index contributed by atoms with van der Waals surface area (Å²) in [5.41, 5.74) is 6.19. The molecule has 0 unspecified atom stereocenters. The number of hydrogen-bond acceptors (Lipinski definition) is 1. The zero-order valence-corrected chi connectivity index (χ0v) is 13.5. The minimum atomic E-state index is 0.850. The van der Waals surface area contributed by atoms with E-state index < -0.39 is 0 Å². The summed E-state index contributed by atoms with van der Waals surface area (Å²) in [6.07, 6.45) is 6.87. The summed E-state index contributed by atoms with van der Waals surface area (Å²) in [5.74, 6) is 0. The van der Waals surface area contributed by atoms with Crippen molar-refractivity contribution in [1.82, 2.24) is 0 Å². The summed E-state index contributed by atoms with van der Waals surface area (Å²) < 4.78 is 0. The zero-order valence-electron chi connectivity index (χ0n) is 13.5. The molecule has 0 aliphatic rings. The van der Waals surface area contributed by atoms with Gasteiger partial charge in [0, 0.05) is 0 Å². The number of carbonyl (C=O) groups excluding carboxylic acids is 1. The van der Waals surface area contributed by atoms with Crippen molar-refractivity contribution in [3.63, 3.8) is 0 Å². The van der Waals surface area contributed by atoms with Gasteiger partial charge < -0.3 is 0 Å². The Morgan fingerprint density at radius 1 is 0.708 bits per heavy atom. The van der Waals surface area contributed by atoms with Gasteiger partial charge in [-0.15, -0.1) is 0 Å². The van der Waals surface area contributed by atoms with Gasteiger partial charge in [0.05, 0.1) is 0 Å². The molecule has 3 aromatic rings. The first-order valence-electron chi connectivity index (χ1n) is 8.09. The maximum absolute atomic E-state index is 10.6. The molecule has 0 N–H and O–H groups in total. The van der Waals surface area contributed by atoms with Crippen molar-refractivity contribution in [1.29, 1.82) is 0 Å². The predicted molar refractivity (Wildman–Crippen MR) is 99.7 cm³/mol. The van der Waals surface area contributed by atoms with Gasteiger partial charge in [-0.05, 0) is 46.7 Å². The molecule has 0 amide bonds. The van der Waals surface area contributed by atoms with Crippen LogP contribution in [0.1, 0.15) is 27.8 Å². The zero-order chi connectivity index (χ0) is 16.6. The molecule has 3 aromatic carbocycles. The van der Waals surface area contributed by atoms with Gasteiger partial charge in [0.15, 0.2) is 0 Å². The lowest BCUT2D eigenvalue weighted by atomic mass is 9.91. The lowest BCUT2D eigenvalue weighted by Crippen LogP contribution is -2.00. The predicted octanol–water partition coefficient (Wildman–Crippen LogP) is 4.99. The van der Waals surface area contributed by atoms with Gasteiger partial charge in [-0.1, -0.05) is 84.9 Å². The van der Waals surface area contributed by atoms with Crippen molar-refractivity contribution < 1.29 is 4.79 Å². The van der Waals surface area contributed by atoms with Crippen molar-refractivity contribution in [2.24, 2.45) is 0 Å². The maximum atomic E-state index is 10.6. The molecule has 0 bridgehead atoms. The third-order valence-corrected chi connectivity index (χ3v) is 4.10. The fraction of sp³-hybridized carbons (Fsp3) is 0.0870. The number of benzene rings is 3. The van der Waals surface area contributed by atoms with Crippen LogP contribution < -0.4 is 0 Å². The summed E-state index contributed by atoms with van der Waals surface area (Å²) in [4.78, 5) is 10.6. The molecule has 117 valence electrons. The van der Waals surface area contributed by atoms with Gasteiger partial charge in [0.1, 0.15) is 0 Å². The molecule has 1 heteroatoms. The first-order chi connectivity index (χ1) is 11.9. The van der Waals surface area contributed by atoms with Crippen molar-refractivity contribution in [3.05, 3.63) is 113 Å². The highest BCUT2D eigenvalue weighted by atomic mass is 16.1. The molecule has 0 aliphatic carbocycles. The van der Waals surface area contributed by atoms with Crippen LogP contribution in [-0.2, 0) is 17.6 Å². The van der Waals surface area contributed by atoms with E-state index in [2.05, 4.69) is 66.7 Å². The molecule has 0 atom stereocenters. The van der Waals surface area contributed by atoms with Crippen LogP contribution in [0.2, 0.25) is 0 Å². The van der Waals surface area contributed by atoms with E-state index in [-0.39, 0.29) is 0 Å². The monoisotopic (exact) mass is 311 g/mol. The Hall–Kier alpha value is -2.93. The smallest absolute Gasteiger partial charge is 0.225 e. The van der Waals surface area contributed by atoms with E-state index in [4.69, 9.17) is 0 Å². The van der Waals surface area contributed by atoms with Crippen LogP contribution in [0.15, 0.2) is 84.9 Å². The lowest BCUT2D eigenvalue weighted by Gasteiger charge is -2.14. The second-order valence-electron chi connectivity index (χ2n) is 5.76. The molecule has 0 spiro atoms. The second kappa shape index (κ2) is 8.07. The first-order valence-corrected chi connectivity index (χ1v) is 8.09. The van der Waals surface area contributed by atoms with Crippen LogP contribution in [-0.4, -0.2) is 6.29 Å². The topological polar surface area (TPSA) is 17.1 Å². The van der Waals surface area contributed by atoms with Crippen LogP contribution in [0.25, 0.3) is 6.08 Å². The summed E-state index contributed by atoms with van der Waals surface area (Å²) >= 11 is 0. The standard InChI is InChI=1S/C23H19O/c24-16-8-15-21-13-7-14-22(17-19-9-3-1-4-10-19)23(21)18-20-11-5-2-6-12-20/h1-15H,17-18H2/b15-8+. The summed E-state index contributed by atoms with van der Waals surface area (Å²) in [7, 11) is 0. The maximum Gasteiger partial charge on any atom is 0.225 e. The quantitative estimate of drug-likeness (QED) is 0.586. The molecular weight excluding hydrogens is 292 g/mol. The van der Waals surface area contributed by atoms with Crippen LogP contribution in [0.4, 0.5) is 0 Å². The fourth-order valence-corrected chi connectivity index (χ4v) is 2.93. The Balaban J connectivity index is 2.00. The molecule has 1 radical (unpaired) electrons. The van der Waals surface area contributed by atoms with Crippen LogP contribution in [0, 0.1) is 0 Å². The van der Waals surface area contributed by atoms with Crippen LogP contribution >= 0.6 is 0 Å². The van der Waals surface area contributed by atoms with Gasteiger partial charge in [0.2, 0.25) is 6.29 Å². The Kier molecular flexibility index (Phi) is 5.36. The molecule has 24 heavy (non-hydrogen) atoms. The van der Waals surface area contributed by atoms with E-state index in [0.29, 0.717) is 0 Å². The van der Waals surface area contributed by atoms with Crippen LogP contribution in [0.3, 0.4) is 0 Å². The Morgan fingerprint density at radius 2 is 1.33 bits per heavy atom. The summed E-state index contributed by atoms with van der Waals surface area (Å²) in [6, 6.07) is 27.2. The molecule has 0 aromatic heterocycles. The highest BCUT2D eigenvalue weighted by Gasteiger charge is 2.08. The number of hydrogen-bond donors (Lipinski definition) is 0.